The highest BCUT2D eigenvalue weighted by molar-refractivity contribution is 6.30. The standard InChI is InChI=1S/C31H27ClF2N6O4/c1-17-26(31(43)40(39(17)2)21-6-3-5-19(32)13-21)30(42)37-20-11-9-18(10-12-20)28-29(35)36-15-24(38-28)23-7-4-8-25(27(23)34)44-16-22(41)14-33/h3-13,15,22,41H,14,16H2,1-2H3,(H2,35,36)(H,37,42). The molecule has 5 rings (SSSR count). The van der Waals surface area contributed by atoms with Crippen molar-refractivity contribution >= 4 is 29.0 Å². The van der Waals surface area contributed by atoms with Crippen molar-refractivity contribution in [3.63, 3.8) is 0 Å². The van der Waals surface area contributed by atoms with Crippen LogP contribution < -0.4 is 21.3 Å². The third-order valence-electron chi connectivity index (χ3n) is 6.90. The molecule has 0 aliphatic rings. The predicted molar refractivity (Wildman–Crippen MR) is 163 cm³/mol. The third kappa shape index (κ3) is 6.03. The molecule has 0 bridgehead atoms. The van der Waals surface area contributed by atoms with Crippen LogP contribution in [0.25, 0.3) is 28.2 Å². The van der Waals surface area contributed by atoms with E-state index in [2.05, 4.69) is 15.3 Å². The second-order valence-electron chi connectivity index (χ2n) is 9.84. The van der Waals surface area contributed by atoms with E-state index in [0.29, 0.717) is 27.7 Å². The Hall–Kier alpha value is -5.07. The largest absolute Gasteiger partial charge is 0.488 e. The lowest BCUT2D eigenvalue weighted by Gasteiger charge is -2.13. The average molecular weight is 621 g/mol. The second-order valence-corrected chi connectivity index (χ2v) is 10.3. The van der Waals surface area contributed by atoms with Crippen LogP contribution in [0.1, 0.15) is 16.1 Å². The van der Waals surface area contributed by atoms with Crippen molar-refractivity contribution in [2.45, 2.75) is 13.0 Å². The number of aromatic nitrogens is 4. The minimum absolute atomic E-state index is 0.0215. The number of nitrogen functional groups attached to an aromatic ring is 1. The number of halogens is 3. The Morgan fingerprint density at radius 1 is 1.16 bits per heavy atom. The molecule has 1 amide bonds. The van der Waals surface area contributed by atoms with Gasteiger partial charge in [-0.25, -0.2) is 23.4 Å². The fourth-order valence-electron chi connectivity index (χ4n) is 4.56. The number of nitrogens with zero attached hydrogens (tertiary/aromatic N) is 4. The molecule has 0 aliphatic heterocycles. The van der Waals surface area contributed by atoms with Gasteiger partial charge in [-0.2, -0.15) is 0 Å². The van der Waals surface area contributed by atoms with E-state index in [9.17, 15) is 19.1 Å². The number of aliphatic hydroxyl groups is 1. The van der Waals surface area contributed by atoms with E-state index < -0.39 is 36.7 Å². The van der Waals surface area contributed by atoms with Gasteiger partial charge in [0.25, 0.3) is 11.5 Å². The van der Waals surface area contributed by atoms with Crippen LogP contribution >= 0.6 is 11.6 Å². The van der Waals surface area contributed by atoms with Gasteiger partial charge in [-0.1, -0.05) is 35.9 Å². The molecular formula is C31H27ClF2N6O4. The summed E-state index contributed by atoms with van der Waals surface area (Å²) in [7, 11) is 1.68. The van der Waals surface area contributed by atoms with Crippen molar-refractivity contribution in [3.05, 3.63) is 105 Å². The molecule has 0 saturated heterocycles. The van der Waals surface area contributed by atoms with E-state index in [-0.39, 0.29) is 34.1 Å². The van der Waals surface area contributed by atoms with E-state index in [1.165, 1.54) is 29.1 Å². The third-order valence-corrected chi connectivity index (χ3v) is 7.13. The van der Waals surface area contributed by atoms with E-state index in [1.807, 2.05) is 0 Å². The molecule has 1 atom stereocenters. The van der Waals surface area contributed by atoms with Crippen LogP contribution in [0.5, 0.6) is 5.75 Å². The van der Waals surface area contributed by atoms with Gasteiger partial charge in [-0.05, 0) is 49.4 Å². The summed E-state index contributed by atoms with van der Waals surface area (Å²) in [5.41, 5.74) is 7.99. The summed E-state index contributed by atoms with van der Waals surface area (Å²) >= 11 is 6.10. The van der Waals surface area contributed by atoms with Crippen LogP contribution in [-0.2, 0) is 7.05 Å². The van der Waals surface area contributed by atoms with Crippen molar-refractivity contribution in [2.24, 2.45) is 7.05 Å². The van der Waals surface area contributed by atoms with Crippen LogP contribution in [0.3, 0.4) is 0 Å². The average Bonchev–Trinajstić information content (AvgIpc) is 3.24. The van der Waals surface area contributed by atoms with Crippen LogP contribution in [0, 0.1) is 12.7 Å². The molecule has 226 valence electrons. The number of nitrogens with two attached hydrogens (primary N) is 1. The highest BCUT2D eigenvalue weighted by Crippen LogP contribution is 2.31. The first-order valence-corrected chi connectivity index (χ1v) is 13.7. The van der Waals surface area contributed by atoms with E-state index in [4.69, 9.17) is 22.1 Å². The summed E-state index contributed by atoms with van der Waals surface area (Å²) in [6.45, 7) is 0.236. The quantitative estimate of drug-likeness (QED) is 0.212. The highest BCUT2D eigenvalue weighted by Gasteiger charge is 2.23. The van der Waals surface area contributed by atoms with Crippen LogP contribution in [0.2, 0.25) is 5.02 Å². The van der Waals surface area contributed by atoms with Gasteiger partial charge in [0, 0.05) is 28.9 Å². The normalized spacial score (nSPS) is 11.8. The molecule has 0 aliphatic carbocycles. The lowest BCUT2D eigenvalue weighted by molar-refractivity contribution is 0.0824. The molecule has 44 heavy (non-hydrogen) atoms. The lowest BCUT2D eigenvalue weighted by atomic mass is 10.1. The molecule has 1 unspecified atom stereocenters. The molecule has 2 aromatic heterocycles. The Morgan fingerprint density at radius 3 is 2.59 bits per heavy atom. The number of hydrogen-bond acceptors (Lipinski definition) is 7. The van der Waals surface area contributed by atoms with Crippen molar-refractivity contribution in [1.29, 1.82) is 0 Å². The molecule has 3 aromatic carbocycles. The topological polar surface area (TPSA) is 137 Å². The first-order valence-electron chi connectivity index (χ1n) is 13.3. The molecule has 0 radical (unpaired) electrons. The fourth-order valence-corrected chi connectivity index (χ4v) is 4.75. The maximum atomic E-state index is 15.2. The molecule has 13 heteroatoms. The molecule has 5 aromatic rings. The Kier molecular flexibility index (Phi) is 8.74. The van der Waals surface area contributed by atoms with Gasteiger partial charge in [0.05, 0.1) is 23.3 Å². The second kappa shape index (κ2) is 12.7. The number of benzene rings is 3. The number of hydrogen-bond donors (Lipinski definition) is 3. The summed E-state index contributed by atoms with van der Waals surface area (Å²) in [5.74, 6) is -1.43. The molecule has 0 fully saturated rings. The van der Waals surface area contributed by atoms with Crippen molar-refractivity contribution < 1.29 is 23.4 Å². The minimum atomic E-state index is -1.38. The van der Waals surface area contributed by atoms with Crippen molar-refractivity contribution in [3.8, 4) is 34.0 Å². The van der Waals surface area contributed by atoms with Gasteiger partial charge in [-0.3, -0.25) is 14.3 Å². The maximum absolute atomic E-state index is 15.2. The van der Waals surface area contributed by atoms with E-state index in [0.717, 1.165) is 0 Å². The Labute approximate surface area is 255 Å². The van der Waals surface area contributed by atoms with Crippen molar-refractivity contribution in [2.75, 3.05) is 24.3 Å². The number of aliphatic hydroxyl groups excluding tert-OH is 1. The predicted octanol–water partition coefficient (Wildman–Crippen LogP) is 4.94. The molecule has 4 N–H and O–H groups in total. The van der Waals surface area contributed by atoms with Crippen molar-refractivity contribution in [1.82, 2.24) is 19.3 Å². The monoisotopic (exact) mass is 620 g/mol. The zero-order valence-corrected chi connectivity index (χ0v) is 24.3. The maximum Gasteiger partial charge on any atom is 0.284 e. The first-order chi connectivity index (χ1) is 21.1. The van der Waals surface area contributed by atoms with Gasteiger partial charge < -0.3 is 20.9 Å². The fraction of sp³-hybridized carbons (Fsp3) is 0.161. The van der Waals surface area contributed by atoms with Gasteiger partial charge in [0.15, 0.2) is 11.6 Å². The zero-order valence-electron chi connectivity index (χ0n) is 23.6. The van der Waals surface area contributed by atoms with Gasteiger partial charge in [0.1, 0.15) is 36.5 Å². The summed E-state index contributed by atoms with van der Waals surface area (Å²) in [6, 6.07) is 17.6. The molecule has 0 spiro atoms. The summed E-state index contributed by atoms with van der Waals surface area (Å²) in [5, 5.41) is 12.6. The number of alkyl halides is 1. The summed E-state index contributed by atoms with van der Waals surface area (Å²) in [6.07, 6.45) is -0.0669. The van der Waals surface area contributed by atoms with Gasteiger partial charge in [0.2, 0.25) is 0 Å². The Balaban J connectivity index is 1.38. The van der Waals surface area contributed by atoms with Crippen LogP contribution in [0.4, 0.5) is 20.3 Å². The first kappa shape index (κ1) is 30.4. The Morgan fingerprint density at radius 2 is 1.89 bits per heavy atom. The number of nitrogens with one attached hydrogen (secondary N) is 1. The number of anilines is 2. The zero-order chi connectivity index (χ0) is 31.5. The van der Waals surface area contributed by atoms with Crippen LogP contribution in [0.15, 0.2) is 77.7 Å². The van der Waals surface area contributed by atoms with Gasteiger partial charge in [-0.15, -0.1) is 0 Å². The molecular weight excluding hydrogens is 594 g/mol. The highest BCUT2D eigenvalue weighted by atomic mass is 35.5. The molecule has 0 saturated carbocycles. The number of amides is 1. The van der Waals surface area contributed by atoms with E-state index in [1.54, 1.807) is 67.2 Å². The number of rotatable bonds is 9. The van der Waals surface area contributed by atoms with Gasteiger partial charge >= 0.3 is 0 Å². The number of carbonyl (C=O) groups excluding carboxylic acids is 1. The van der Waals surface area contributed by atoms with E-state index >= 15 is 4.39 Å². The van der Waals surface area contributed by atoms with Crippen LogP contribution in [-0.4, -0.2) is 49.7 Å². The molecule has 10 nitrogen and oxygen atoms in total. The smallest absolute Gasteiger partial charge is 0.284 e. The summed E-state index contributed by atoms with van der Waals surface area (Å²) in [4.78, 5) is 35.1. The number of carbonyl (C=O) groups is 1. The number of ether oxygens (including phenoxy) is 1. The Bertz CT molecular complexity index is 1910. The summed E-state index contributed by atoms with van der Waals surface area (Å²) < 4.78 is 35.9. The molecule has 2 heterocycles. The minimum Gasteiger partial charge on any atom is -0.488 e. The SMILES string of the molecule is Cc1c(C(=O)Nc2ccc(-c3nc(-c4cccc(OCC(O)CF)c4F)cnc3N)cc2)c(=O)n(-c2cccc(Cl)c2)n1C. The lowest BCUT2D eigenvalue weighted by Crippen LogP contribution is -2.25.